The van der Waals surface area contributed by atoms with E-state index in [-0.39, 0.29) is 11.6 Å². The van der Waals surface area contributed by atoms with Crippen molar-refractivity contribution in [2.75, 3.05) is 0 Å². The molecule has 2 aromatic heterocycles. The fourth-order valence-electron chi connectivity index (χ4n) is 2.69. The number of thiophene rings is 1. The van der Waals surface area contributed by atoms with Crippen molar-refractivity contribution >= 4 is 27.2 Å². The first-order chi connectivity index (χ1) is 11.7. The van der Waals surface area contributed by atoms with Gasteiger partial charge < -0.3 is 0 Å². The van der Waals surface area contributed by atoms with Crippen molar-refractivity contribution in [2.45, 2.75) is 0 Å². The topological polar surface area (TPSA) is 30.0 Å². The highest BCUT2D eigenvalue weighted by atomic mass is 32.1. The van der Waals surface area contributed by atoms with Crippen molar-refractivity contribution in [2.24, 2.45) is 0 Å². The van der Waals surface area contributed by atoms with Crippen LogP contribution in [-0.2, 0) is 0 Å². The molecule has 2 heterocycles. The van der Waals surface area contributed by atoms with E-state index in [2.05, 4.69) is 4.98 Å². The normalized spacial score (nSPS) is 10.9. The molecular formula is C20H12FNOS. The van der Waals surface area contributed by atoms with Gasteiger partial charge in [0.15, 0.2) is 5.78 Å². The number of halogens is 1. The predicted molar refractivity (Wildman–Crippen MR) is 94.9 cm³/mol. The molecule has 0 aliphatic rings. The van der Waals surface area contributed by atoms with Crippen molar-refractivity contribution in [1.82, 2.24) is 4.98 Å². The van der Waals surface area contributed by atoms with Gasteiger partial charge in [0.1, 0.15) is 5.82 Å². The highest BCUT2D eigenvalue weighted by Crippen LogP contribution is 2.38. The largest absolute Gasteiger partial charge is 0.289 e. The van der Waals surface area contributed by atoms with Gasteiger partial charge in [-0.3, -0.25) is 9.78 Å². The number of fused-ring (bicyclic) bond motifs is 1. The molecule has 4 aromatic rings. The number of ketones is 1. The Labute approximate surface area is 142 Å². The molecule has 0 amide bonds. The van der Waals surface area contributed by atoms with Crippen LogP contribution in [0.3, 0.4) is 0 Å². The molecule has 0 bridgehead atoms. The fraction of sp³-hybridized carbons (Fsp3) is 0. The van der Waals surface area contributed by atoms with Gasteiger partial charge in [0.2, 0.25) is 0 Å². The molecule has 0 saturated heterocycles. The SMILES string of the molecule is O=C(c1ccc(F)cc1)c1c(-c2ccccn2)sc2ccccc12. The summed E-state index contributed by atoms with van der Waals surface area (Å²) in [5.74, 6) is -0.472. The van der Waals surface area contributed by atoms with Crippen LogP contribution >= 0.6 is 11.3 Å². The maximum Gasteiger partial charge on any atom is 0.195 e. The lowest BCUT2D eigenvalue weighted by Gasteiger charge is -2.04. The first kappa shape index (κ1) is 14.7. The first-order valence-corrected chi connectivity index (χ1v) is 8.29. The van der Waals surface area contributed by atoms with Gasteiger partial charge in [-0.05, 0) is 42.5 Å². The van der Waals surface area contributed by atoms with Crippen LogP contribution < -0.4 is 0 Å². The van der Waals surface area contributed by atoms with Crippen LogP contribution in [0, 0.1) is 5.82 Å². The van der Waals surface area contributed by atoms with Crippen LogP contribution in [-0.4, -0.2) is 10.8 Å². The molecular weight excluding hydrogens is 321 g/mol. The van der Waals surface area contributed by atoms with E-state index in [4.69, 9.17) is 0 Å². The van der Waals surface area contributed by atoms with Crippen LogP contribution in [0.15, 0.2) is 72.9 Å². The van der Waals surface area contributed by atoms with Crippen LogP contribution in [0.1, 0.15) is 15.9 Å². The number of pyridine rings is 1. The lowest BCUT2D eigenvalue weighted by atomic mass is 9.99. The second kappa shape index (κ2) is 5.98. The number of hydrogen-bond donors (Lipinski definition) is 0. The summed E-state index contributed by atoms with van der Waals surface area (Å²) >= 11 is 1.55. The maximum absolute atomic E-state index is 13.2. The average molecular weight is 333 g/mol. The third-order valence-electron chi connectivity index (χ3n) is 3.83. The number of aromatic nitrogens is 1. The Kier molecular flexibility index (Phi) is 3.67. The lowest BCUT2D eigenvalue weighted by molar-refractivity contribution is 0.104. The summed E-state index contributed by atoms with van der Waals surface area (Å²) in [6, 6.07) is 19.1. The summed E-state index contributed by atoms with van der Waals surface area (Å²) in [7, 11) is 0. The zero-order valence-electron chi connectivity index (χ0n) is 12.6. The second-order valence-electron chi connectivity index (χ2n) is 5.35. The molecule has 0 fully saturated rings. The average Bonchev–Trinajstić information content (AvgIpc) is 3.02. The Balaban J connectivity index is 1.96. The Hall–Kier alpha value is -2.85. The zero-order chi connectivity index (χ0) is 16.5. The van der Waals surface area contributed by atoms with Crippen molar-refractivity contribution in [3.8, 4) is 10.6 Å². The van der Waals surface area contributed by atoms with Gasteiger partial charge in [-0.25, -0.2) is 4.39 Å². The summed E-state index contributed by atoms with van der Waals surface area (Å²) in [5, 5.41) is 0.900. The minimum Gasteiger partial charge on any atom is -0.289 e. The summed E-state index contributed by atoms with van der Waals surface area (Å²) in [6.07, 6.45) is 1.71. The number of hydrogen-bond acceptors (Lipinski definition) is 3. The van der Waals surface area contributed by atoms with Gasteiger partial charge in [0.25, 0.3) is 0 Å². The molecule has 0 spiro atoms. The molecule has 4 heteroatoms. The minimum atomic E-state index is -0.355. The van der Waals surface area contributed by atoms with E-state index >= 15 is 0 Å². The highest BCUT2D eigenvalue weighted by Gasteiger charge is 2.21. The highest BCUT2D eigenvalue weighted by molar-refractivity contribution is 7.22. The number of nitrogens with zero attached hydrogens (tertiary/aromatic N) is 1. The van der Waals surface area contributed by atoms with E-state index in [9.17, 15) is 9.18 Å². The fourth-order valence-corrected chi connectivity index (χ4v) is 3.87. The monoisotopic (exact) mass is 333 g/mol. The molecule has 116 valence electrons. The molecule has 0 atom stereocenters. The molecule has 2 aromatic carbocycles. The quantitative estimate of drug-likeness (QED) is 0.474. The van der Waals surface area contributed by atoms with Gasteiger partial charge in [0.05, 0.1) is 16.1 Å². The van der Waals surface area contributed by atoms with Gasteiger partial charge in [-0.15, -0.1) is 11.3 Å². The zero-order valence-corrected chi connectivity index (χ0v) is 13.4. The molecule has 0 unspecified atom stereocenters. The third-order valence-corrected chi connectivity index (χ3v) is 5.02. The molecule has 0 N–H and O–H groups in total. The molecule has 2 nitrogen and oxygen atoms in total. The van der Waals surface area contributed by atoms with E-state index in [0.717, 1.165) is 20.7 Å². The second-order valence-corrected chi connectivity index (χ2v) is 6.41. The maximum atomic E-state index is 13.2. The first-order valence-electron chi connectivity index (χ1n) is 7.47. The molecule has 0 aliphatic carbocycles. The van der Waals surface area contributed by atoms with Crippen molar-refractivity contribution < 1.29 is 9.18 Å². The van der Waals surface area contributed by atoms with Crippen LogP contribution in [0.25, 0.3) is 20.7 Å². The van der Waals surface area contributed by atoms with Gasteiger partial charge in [-0.2, -0.15) is 0 Å². The standard InChI is InChI=1S/C20H12FNOS/c21-14-10-8-13(9-11-14)19(23)18-15-5-1-2-7-17(15)24-20(18)16-6-3-4-12-22-16/h1-12H. The number of carbonyl (C=O) groups is 1. The van der Waals surface area contributed by atoms with E-state index in [1.165, 1.54) is 24.3 Å². The Morgan fingerprint density at radius 1 is 0.917 bits per heavy atom. The van der Waals surface area contributed by atoms with Gasteiger partial charge in [0, 0.05) is 21.8 Å². The third kappa shape index (κ3) is 2.51. The summed E-state index contributed by atoms with van der Waals surface area (Å²) in [4.78, 5) is 18.3. The van der Waals surface area contributed by atoms with Crippen LogP contribution in [0.4, 0.5) is 4.39 Å². The minimum absolute atomic E-state index is 0.117. The Bertz CT molecular complexity index is 1020. The molecule has 0 saturated carbocycles. The number of rotatable bonds is 3. The smallest absolute Gasteiger partial charge is 0.195 e. The van der Waals surface area contributed by atoms with Crippen molar-refractivity contribution in [1.29, 1.82) is 0 Å². The number of benzene rings is 2. The summed E-state index contributed by atoms with van der Waals surface area (Å²) in [6.45, 7) is 0. The summed E-state index contributed by atoms with van der Waals surface area (Å²) in [5.41, 5.74) is 1.86. The number of carbonyl (C=O) groups excluding carboxylic acids is 1. The van der Waals surface area contributed by atoms with E-state index in [0.29, 0.717) is 11.1 Å². The molecule has 24 heavy (non-hydrogen) atoms. The van der Waals surface area contributed by atoms with Crippen LogP contribution in [0.2, 0.25) is 0 Å². The molecule has 0 aliphatic heterocycles. The summed E-state index contributed by atoms with van der Waals surface area (Å²) < 4.78 is 14.2. The van der Waals surface area contributed by atoms with Gasteiger partial charge in [-0.1, -0.05) is 24.3 Å². The van der Waals surface area contributed by atoms with Crippen molar-refractivity contribution in [3.05, 3.63) is 89.9 Å². The Morgan fingerprint density at radius 2 is 1.67 bits per heavy atom. The van der Waals surface area contributed by atoms with E-state index in [1.54, 1.807) is 17.5 Å². The lowest BCUT2D eigenvalue weighted by Crippen LogP contribution is -2.02. The van der Waals surface area contributed by atoms with E-state index in [1.807, 2.05) is 42.5 Å². The van der Waals surface area contributed by atoms with Gasteiger partial charge >= 0.3 is 0 Å². The molecule has 4 rings (SSSR count). The molecule has 0 radical (unpaired) electrons. The Morgan fingerprint density at radius 3 is 2.42 bits per heavy atom. The van der Waals surface area contributed by atoms with E-state index < -0.39 is 0 Å². The van der Waals surface area contributed by atoms with Crippen molar-refractivity contribution in [3.63, 3.8) is 0 Å². The predicted octanol–water partition coefficient (Wildman–Crippen LogP) is 5.33. The van der Waals surface area contributed by atoms with Crippen LogP contribution in [0.5, 0.6) is 0 Å².